The van der Waals surface area contributed by atoms with Crippen LogP contribution in [0.15, 0.2) is 30.1 Å². The Hall–Kier alpha value is -1.37. The third-order valence-electron chi connectivity index (χ3n) is 2.05. The summed E-state index contributed by atoms with van der Waals surface area (Å²) in [5.41, 5.74) is 1.32. The Bertz CT molecular complexity index is 427. The standard InChI is InChI=1S/C11H11N/c1-9-3-2-4-10-5-6-12-8-11(10)7-9/h3-8H,2H2,1H3. The first-order valence-electron chi connectivity index (χ1n) is 4.15. The Kier molecular flexibility index (Phi) is 1.78. The molecule has 0 N–H and O–H groups in total. The number of nitrogens with zero attached hydrogens (tertiary/aromatic N) is 1. The minimum absolute atomic E-state index is 1.03. The highest BCUT2D eigenvalue weighted by Gasteiger charge is 1.90. The summed E-state index contributed by atoms with van der Waals surface area (Å²) in [6.45, 7) is 2.12. The minimum atomic E-state index is 1.03. The van der Waals surface area contributed by atoms with Crippen molar-refractivity contribution < 1.29 is 0 Å². The molecule has 0 amide bonds. The lowest BCUT2D eigenvalue weighted by Gasteiger charge is -1.87. The van der Waals surface area contributed by atoms with Gasteiger partial charge in [0.05, 0.1) is 0 Å². The summed E-state index contributed by atoms with van der Waals surface area (Å²) in [5.74, 6) is 0. The Morgan fingerprint density at radius 2 is 2.17 bits per heavy atom. The van der Waals surface area contributed by atoms with Crippen molar-refractivity contribution in [2.75, 3.05) is 0 Å². The molecule has 2 rings (SSSR count). The second-order valence-corrected chi connectivity index (χ2v) is 3.04. The van der Waals surface area contributed by atoms with Gasteiger partial charge in [-0.2, -0.15) is 0 Å². The van der Waals surface area contributed by atoms with E-state index in [9.17, 15) is 0 Å². The van der Waals surface area contributed by atoms with Gasteiger partial charge in [-0.25, -0.2) is 0 Å². The fourth-order valence-corrected chi connectivity index (χ4v) is 1.40. The molecule has 0 radical (unpaired) electrons. The molecule has 0 aliphatic heterocycles. The van der Waals surface area contributed by atoms with E-state index in [1.165, 1.54) is 16.0 Å². The van der Waals surface area contributed by atoms with E-state index in [1.807, 2.05) is 12.4 Å². The van der Waals surface area contributed by atoms with E-state index in [1.54, 1.807) is 0 Å². The molecule has 1 aliphatic carbocycles. The topological polar surface area (TPSA) is 12.9 Å². The van der Waals surface area contributed by atoms with Crippen LogP contribution in [0.25, 0.3) is 12.2 Å². The minimum Gasteiger partial charge on any atom is -0.264 e. The van der Waals surface area contributed by atoms with Gasteiger partial charge in [-0.1, -0.05) is 23.8 Å². The average Bonchev–Trinajstić information content (AvgIpc) is 2.25. The van der Waals surface area contributed by atoms with Gasteiger partial charge in [0.25, 0.3) is 0 Å². The molecular weight excluding hydrogens is 146 g/mol. The van der Waals surface area contributed by atoms with Gasteiger partial charge in [-0.15, -0.1) is 0 Å². The number of hydrogen-bond donors (Lipinski definition) is 0. The molecule has 1 aliphatic rings. The molecule has 0 saturated heterocycles. The number of fused-ring (bicyclic) bond motifs is 1. The third-order valence-corrected chi connectivity index (χ3v) is 2.05. The number of hydrogen-bond acceptors (Lipinski definition) is 1. The van der Waals surface area contributed by atoms with E-state index in [2.05, 4.69) is 36.2 Å². The summed E-state index contributed by atoms with van der Waals surface area (Å²) in [5, 5.41) is 2.52. The Labute approximate surface area is 71.8 Å². The number of pyridine rings is 1. The summed E-state index contributed by atoms with van der Waals surface area (Å²) < 4.78 is 0. The van der Waals surface area contributed by atoms with Crippen molar-refractivity contribution >= 4 is 12.2 Å². The van der Waals surface area contributed by atoms with Gasteiger partial charge in [-0.3, -0.25) is 4.98 Å². The summed E-state index contributed by atoms with van der Waals surface area (Å²) in [6, 6.07) is 2.05. The molecule has 0 unspecified atom stereocenters. The van der Waals surface area contributed by atoms with Crippen molar-refractivity contribution in [2.24, 2.45) is 0 Å². The number of aromatic nitrogens is 1. The zero-order valence-corrected chi connectivity index (χ0v) is 7.12. The molecular formula is C11H11N. The normalized spacial score (nSPS) is 14.9. The molecule has 0 fully saturated rings. The fraction of sp³-hybridized carbons (Fsp3) is 0.182. The van der Waals surface area contributed by atoms with Crippen LogP contribution < -0.4 is 10.4 Å². The lowest BCUT2D eigenvalue weighted by molar-refractivity contribution is 1.27. The van der Waals surface area contributed by atoms with Gasteiger partial charge in [0.15, 0.2) is 0 Å². The Balaban J connectivity index is 2.76. The van der Waals surface area contributed by atoms with E-state index >= 15 is 0 Å². The largest absolute Gasteiger partial charge is 0.264 e. The molecule has 1 aromatic rings. The molecule has 0 saturated carbocycles. The van der Waals surface area contributed by atoms with Crippen LogP contribution in [0, 0.1) is 0 Å². The van der Waals surface area contributed by atoms with Crippen molar-refractivity contribution in [3.8, 4) is 0 Å². The zero-order chi connectivity index (χ0) is 8.39. The second kappa shape index (κ2) is 2.94. The first kappa shape index (κ1) is 7.29. The van der Waals surface area contributed by atoms with Gasteiger partial charge in [-0.05, 0) is 29.8 Å². The lowest BCUT2D eigenvalue weighted by Crippen LogP contribution is -2.23. The van der Waals surface area contributed by atoms with Crippen LogP contribution in [-0.4, -0.2) is 4.98 Å². The van der Waals surface area contributed by atoms with Crippen LogP contribution in [0.5, 0.6) is 0 Å². The van der Waals surface area contributed by atoms with Crippen LogP contribution in [0.4, 0.5) is 0 Å². The zero-order valence-electron chi connectivity index (χ0n) is 7.12. The first-order chi connectivity index (χ1) is 5.86. The van der Waals surface area contributed by atoms with E-state index in [0.717, 1.165) is 6.42 Å². The third kappa shape index (κ3) is 1.30. The van der Waals surface area contributed by atoms with Crippen molar-refractivity contribution in [2.45, 2.75) is 13.3 Å². The maximum atomic E-state index is 4.10. The van der Waals surface area contributed by atoms with Crippen molar-refractivity contribution in [3.63, 3.8) is 0 Å². The van der Waals surface area contributed by atoms with E-state index < -0.39 is 0 Å². The van der Waals surface area contributed by atoms with Gasteiger partial charge in [0, 0.05) is 12.4 Å². The highest BCUT2D eigenvalue weighted by atomic mass is 14.6. The van der Waals surface area contributed by atoms with Crippen LogP contribution in [-0.2, 0) is 0 Å². The summed E-state index contributed by atoms with van der Waals surface area (Å²) in [7, 11) is 0. The summed E-state index contributed by atoms with van der Waals surface area (Å²) in [4.78, 5) is 4.10. The van der Waals surface area contributed by atoms with Gasteiger partial charge in [0.2, 0.25) is 0 Å². The lowest BCUT2D eigenvalue weighted by atomic mass is 10.2. The van der Waals surface area contributed by atoms with Crippen LogP contribution in [0.3, 0.4) is 0 Å². The Morgan fingerprint density at radius 1 is 1.25 bits per heavy atom. The number of rotatable bonds is 0. The highest BCUT2D eigenvalue weighted by molar-refractivity contribution is 5.49. The predicted molar refractivity (Wildman–Crippen MR) is 50.8 cm³/mol. The molecule has 1 heteroatoms. The molecule has 12 heavy (non-hydrogen) atoms. The highest BCUT2D eigenvalue weighted by Crippen LogP contribution is 1.98. The molecule has 0 bridgehead atoms. The van der Waals surface area contributed by atoms with Gasteiger partial charge in [0.1, 0.15) is 0 Å². The van der Waals surface area contributed by atoms with Gasteiger partial charge >= 0.3 is 0 Å². The van der Waals surface area contributed by atoms with E-state index in [-0.39, 0.29) is 0 Å². The summed E-state index contributed by atoms with van der Waals surface area (Å²) in [6.07, 6.45) is 11.4. The van der Waals surface area contributed by atoms with Crippen LogP contribution >= 0.6 is 0 Å². The predicted octanol–water partition coefficient (Wildman–Crippen LogP) is 0.993. The van der Waals surface area contributed by atoms with Gasteiger partial charge < -0.3 is 0 Å². The monoisotopic (exact) mass is 157 g/mol. The molecule has 1 heterocycles. The molecule has 60 valence electrons. The van der Waals surface area contributed by atoms with E-state index in [0.29, 0.717) is 0 Å². The summed E-state index contributed by atoms with van der Waals surface area (Å²) >= 11 is 0. The van der Waals surface area contributed by atoms with Crippen molar-refractivity contribution in [3.05, 3.63) is 40.5 Å². The maximum absolute atomic E-state index is 4.10. The SMILES string of the molecule is CC1=CCC=c2ccncc2=C1. The van der Waals surface area contributed by atoms with Crippen molar-refractivity contribution in [1.82, 2.24) is 4.98 Å². The average molecular weight is 157 g/mol. The second-order valence-electron chi connectivity index (χ2n) is 3.04. The smallest absolute Gasteiger partial charge is 0.0346 e. The molecule has 1 nitrogen and oxygen atoms in total. The first-order valence-corrected chi connectivity index (χ1v) is 4.15. The van der Waals surface area contributed by atoms with Crippen LogP contribution in [0.1, 0.15) is 13.3 Å². The molecule has 0 aromatic carbocycles. The quantitative estimate of drug-likeness (QED) is 0.547. The molecule has 0 atom stereocenters. The number of allylic oxidation sites excluding steroid dienone is 2. The van der Waals surface area contributed by atoms with Crippen LogP contribution in [0.2, 0.25) is 0 Å². The molecule has 0 spiro atoms. The maximum Gasteiger partial charge on any atom is 0.0346 e. The fourth-order valence-electron chi connectivity index (χ4n) is 1.40. The molecule has 1 aromatic heterocycles. The van der Waals surface area contributed by atoms with Crippen molar-refractivity contribution in [1.29, 1.82) is 0 Å². The Morgan fingerprint density at radius 3 is 3.08 bits per heavy atom. The van der Waals surface area contributed by atoms with E-state index in [4.69, 9.17) is 0 Å².